The fourth-order valence-corrected chi connectivity index (χ4v) is 2.93. The van der Waals surface area contributed by atoms with Gasteiger partial charge in [0.2, 0.25) is 0 Å². The van der Waals surface area contributed by atoms with Crippen LogP contribution >= 0.6 is 0 Å². The van der Waals surface area contributed by atoms with Gasteiger partial charge in [0, 0.05) is 11.6 Å². The Bertz CT molecular complexity index is 1100. The Kier molecular flexibility index (Phi) is 6.65. The number of esters is 1. The summed E-state index contributed by atoms with van der Waals surface area (Å²) in [6.07, 6.45) is 3.09. The first-order valence-electron chi connectivity index (χ1n) is 9.34. The molecule has 0 bridgehead atoms. The largest absolute Gasteiger partial charge is 0.497 e. The fourth-order valence-electron chi connectivity index (χ4n) is 2.93. The smallest absolute Gasteiger partial charge is 0.343 e. The number of allylic oxidation sites excluding steroid dienone is 1. The van der Waals surface area contributed by atoms with E-state index in [-0.39, 0.29) is 17.1 Å². The van der Waals surface area contributed by atoms with Crippen LogP contribution in [0.4, 0.5) is 0 Å². The Morgan fingerprint density at radius 1 is 0.800 bits per heavy atom. The second-order valence-corrected chi connectivity index (χ2v) is 6.51. The SMILES string of the molecule is COc1ccc(C(=O)/C=C/c2ccccc2OC)c(OC(=O)c2ccccc2C)c1. The van der Waals surface area contributed by atoms with E-state index in [1.807, 2.05) is 43.3 Å². The van der Waals surface area contributed by atoms with Crippen LogP contribution in [0.2, 0.25) is 0 Å². The van der Waals surface area contributed by atoms with Crippen LogP contribution in [0, 0.1) is 6.92 Å². The van der Waals surface area contributed by atoms with Crippen LogP contribution < -0.4 is 14.2 Å². The molecule has 152 valence electrons. The van der Waals surface area contributed by atoms with Gasteiger partial charge < -0.3 is 14.2 Å². The van der Waals surface area contributed by atoms with Gasteiger partial charge in [-0.25, -0.2) is 4.79 Å². The van der Waals surface area contributed by atoms with E-state index in [2.05, 4.69) is 0 Å². The van der Waals surface area contributed by atoms with Crippen LogP contribution in [0.15, 0.2) is 72.8 Å². The van der Waals surface area contributed by atoms with Crippen LogP contribution in [-0.4, -0.2) is 26.0 Å². The Morgan fingerprint density at radius 2 is 1.53 bits per heavy atom. The highest BCUT2D eigenvalue weighted by Gasteiger charge is 2.17. The van der Waals surface area contributed by atoms with Gasteiger partial charge in [0.1, 0.15) is 17.2 Å². The van der Waals surface area contributed by atoms with E-state index in [0.717, 1.165) is 11.1 Å². The molecule has 0 unspecified atom stereocenters. The Balaban J connectivity index is 1.91. The standard InChI is InChI=1S/C25H22O5/c1-17-8-4-6-10-20(17)25(27)30-24-16-19(28-2)13-14-21(24)22(26)15-12-18-9-5-7-11-23(18)29-3/h4-16H,1-3H3/b15-12+. The summed E-state index contributed by atoms with van der Waals surface area (Å²) in [5.41, 5.74) is 2.24. The molecule has 0 radical (unpaired) electrons. The topological polar surface area (TPSA) is 61.8 Å². The summed E-state index contributed by atoms with van der Waals surface area (Å²) in [6.45, 7) is 1.82. The lowest BCUT2D eigenvalue weighted by atomic mass is 10.1. The second-order valence-electron chi connectivity index (χ2n) is 6.51. The Hall–Kier alpha value is -3.86. The average Bonchev–Trinajstić information content (AvgIpc) is 2.77. The molecule has 0 N–H and O–H groups in total. The first-order chi connectivity index (χ1) is 14.5. The summed E-state index contributed by atoms with van der Waals surface area (Å²) in [4.78, 5) is 25.5. The van der Waals surface area contributed by atoms with Gasteiger partial charge in [-0.2, -0.15) is 0 Å². The van der Waals surface area contributed by atoms with Crippen molar-refractivity contribution in [2.45, 2.75) is 6.92 Å². The zero-order valence-electron chi connectivity index (χ0n) is 17.0. The van der Waals surface area contributed by atoms with Crippen molar-refractivity contribution in [3.63, 3.8) is 0 Å². The van der Waals surface area contributed by atoms with Crippen molar-refractivity contribution in [2.75, 3.05) is 14.2 Å². The normalized spacial score (nSPS) is 10.6. The molecule has 0 saturated carbocycles. The van der Waals surface area contributed by atoms with Crippen LogP contribution in [-0.2, 0) is 0 Å². The molecule has 0 aromatic heterocycles. The highest BCUT2D eigenvalue weighted by atomic mass is 16.5. The molecule has 0 spiro atoms. The highest BCUT2D eigenvalue weighted by Crippen LogP contribution is 2.27. The summed E-state index contributed by atoms with van der Waals surface area (Å²) in [5, 5.41) is 0. The van der Waals surface area contributed by atoms with Crippen molar-refractivity contribution in [1.29, 1.82) is 0 Å². The summed E-state index contributed by atoms with van der Waals surface area (Å²) in [7, 11) is 3.08. The molecule has 0 saturated heterocycles. The molecule has 3 rings (SSSR count). The maximum Gasteiger partial charge on any atom is 0.343 e. The van der Waals surface area contributed by atoms with Crippen molar-refractivity contribution in [3.05, 3.63) is 95.1 Å². The minimum Gasteiger partial charge on any atom is -0.497 e. The van der Waals surface area contributed by atoms with Gasteiger partial charge in [0.05, 0.1) is 25.3 Å². The molecule has 0 aliphatic heterocycles. The molecule has 30 heavy (non-hydrogen) atoms. The summed E-state index contributed by atoms with van der Waals surface area (Å²) >= 11 is 0. The molecule has 0 aliphatic rings. The van der Waals surface area contributed by atoms with Gasteiger partial charge in [-0.15, -0.1) is 0 Å². The number of hydrogen-bond donors (Lipinski definition) is 0. The Morgan fingerprint density at radius 3 is 2.27 bits per heavy atom. The number of carbonyl (C=O) groups excluding carboxylic acids is 2. The molecular weight excluding hydrogens is 380 g/mol. The lowest BCUT2D eigenvalue weighted by Gasteiger charge is -2.11. The zero-order valence-corrected chi connectivity index (χ0v) is 17.0. The van der Waals surface area contributed by atoms with Crippen LogP contribution in [0.25, 0.3) is 6.08 Å². The maximum absolute atomic E-state index is 12.9. The number of para-hydroxylation sites is 1. The number of hydrogen-bond acceptors (Lipinski definition) is 5. The number of aryl methyl sites for hydroxylation is 1. The zero-order chi connectivity index (χ0) is 21.5. The van der Waals surface area contributed by atoms with E-state index >= 15 is 0 Å². The molecule has 5 nitrogen and oxygen atoms in total. The first kappa shape index (κ1) is 20.9. The van der Waals surface area contributed by atoms with Crippen molar-refractivity contribution in [1.82, 2.24) is 0 Å². The molecule has 0 aliphatic carbocycles. The van der Waals surface area contributed by atoms with Gasteiger partial charge in [-0.3, -0.25) is 4.79 Å². The summed E-state index contributed by atoms with van der Waals surface area (Å²) < 4.78 is 16.1. The van der Waals surface area contributed by atoms with Gasteiger partial charge in [0.25, 0.3) is 0 Å². The monoisotopic (exact) mass is 402 g/mol. The molecule has 5 heteroatoms. The number of ketones is 1. The van der Waals surface area contributed by atoms with E-state index in [9.17, 15) is 9.59 Å². The predicted molar refractivity (Wildman–Crippen MR) is 115 cm³/mol. The maximum atomic E-state index is 12.9. The number of methoxy groups -OCH3 is 2. The highest BCUT2D eigenvalue weighted by molar-refractivity contribution is 6.09. The average molecular weight is 402 g/mol. The van der Waals surface area contributed by atoms with E-state index in [1.54, 1.807) is 37.5 Å². The minimum absolute atomic E-state index is 0.136. The number of carbonyl (C=O) groups is 2. The molecule has 3 aromatic carbocycles. The molecule has 3 aromatic rings. The second kappa shape index (κ2) is 9.56. The van der Waals surface area contributed by atoms with Gasteiger partial charge in [0.15, 0.2) is 5.78 Å². The van der Waals surface area contributed by atoms with Crippen LogP contribution in [0.1, 0.15) is 31.8 Å². The van der Waals surface area contributed by atoms with Crippen molar-refractivity contribution >= 4 is 17.8 Å². The molecule has 0 atom stereocenters. The number of rotatable bonds is 7. The van der Waals surface area contributed by atoms with Crippen LogP contribution in [0.5, 0.6) is 17.2 Å². The third-order valence-corrected chi connectivity index (χ3v) is 4.58. The van der Waals surface area contributed by atoms with Crippen molar-refractivity contribution in [2.24, 2.45) is 0 Å². The van der Waals surface area contributed by atoms with Crippen LogP contribution in [0.3, 0.4) is 0 Å². The van der Waals surface area contributed by atoms with E-state index in [4.69, 9.17) is 14.2 Å². The summed E-state index contributed by atoms with van der Waals surface area (Å²) in [6, 6.07) is 19.2. The molecular formula is C25H22O5. The molecule has 0 fully saturated rings. The van der Waals surface area contributed by atoms with Gasteiger partial charge >= 0.3 is 5.97 Å². The van der Waals surface area contributed by atoms with E-state index < -0.39 is 5.97 Å². The third-order valence-electron chi connectivity index (χ3n) is 4.58. The Labute approximate surface area is 175 Å². The first-order valence-corrected chi connectivity index (χ1v) is 9.34. The quantitative estimate of drug-likeness (QED) is 0.237. The third kappa shape index (κ3) is 4.75. The lowest BCUT2D eigenvalue weighted by Crippen LogP contribution is -2.12. The minimum atomic E-state index is -0.538. The summed E-state index contributed by atoms with van der Waals surface area (Å²) in [5.74, 6) is 0.424. The molecule has 0 heterocycles. The van der Waals surface area contributed by atoms with Crippen molar-refractivity contribution < 1.29 is 23.8 Å². The number of benzene rings is 3. The van der Waals surface area contributed by atoms with E-state index in [0.29, 0.717) is 17.1 Å². The lowest BCUT2D eigenvalue weighted by molar-refractivity contribution is 0.0732. The number of ether oxygens (including phenoxy) is 3. The molecule has 0 amide bonds. The van der Waals surface area contributed by atoms with Gasteiger partial charge in [-0.05, 0) is 48.9 Å². The van der Waals surface area contributed by atoms with Gasteiger partial charge in [-0.1, -0.05) is 36.4 Å². The predicted octanol–water partition coefficient (Wildman–Crippen LogP) is 5.13. The van der Waals surface area contributed by atoms with Crippen molar-refractivity contribution in [3.8, 4) is 17.2 Å². The fraction of sp³-hybridized carbons (Fsp3) is 0.120. The van der Waals surface area contributed by atoms with E-state index in [1.165, 1.54) is 19.3 Å².